The van der Waals surface area contributed by atoms with E-state index in [9.17, 15) is 4.79 Å². The third-order valence-corrected chi connectivity index (χ3v) is 2.06. The molecule has 20 heavy (non-hydrogen) atoms. The van der Waals surface area contributed by atoms with Gasteiger partial charge in [0.1, 0.15) is 0 Å². The summed E-state index contributed by atoms with van der Waals surface area (Å²) in [7, 11) is 0. The van der Waals surface area contributed by atoms with Gasteiger partial charge in [-0.1, -0.05) is 6.58 Å². The minimum atomic E-state index is -3.44. The molecule has 0 aliphatic carbocycles. The number of ether oxygens (including phenoxy) is 1. The van der Waals surface area contributed by atoms with Crippen molar-refractivity contribution in [2.24, 2.45) is 5.41 Å². The van der Waals surface area contributed by atoms with E-state index < -0.39 is 50.1 Å². The largest absolute Gasteiger partial charge is 0.478 e. The molecule has 0 aliphatic rings. The molecule has 0 saturated carbocycles. The Hall–Kier alpha value is -1.11. The van der Waals surface area contributed by atoms with Crippen LogP contribution in [0.2, 0.25) is 0 Å². The van der Waals surface area contributed by atoms with Gasteiger partial charge in [0.05, 0.1) is 31.8 Å². The first-order valence-electron chi connectivity index (χ1n) is 5.23. The van der Waals surface area contributed by atoms with E-state index in [-0.39, 0.29) is 0 Å². The smallest absolute Gasteiger partial charge is 0.329 e. The molecule has 1 atom stereocenters. The van der Waals surface area contributed by atoms with Crippen LogP contribution >= 0.6 is 0 Å². The van der Waals surface area contributed by atoms with Gasteiger partial charge in [-0.25, -0.2) is 4.79 Å². The van der Waals surface area contributed by atoms with Gasteiger partial charge in [0, 0.05) is 6.08 Å². The molecule has 0 aromatic rings. The van der Waals surface area contributed by atoms with Crippen LogP contribution in [0.1, 0.15) is 0 Å². The predicted octanol–water partition coefficient (Wildman–Crippen LogP) is -3.83. The molecule has 0 rings (SSSR count). The van der Waals surface area contributed by atoms with Gasteiger partial charge in [-0.3, -0.25) is 0 Å². The van der Waals surface area contributed by atoms with Crippen molar-refractivity contribution in [3.8, 4) is 0 Å². The first-order valence-corrected chi connectivity index (χ1v) is 5.23. The second-order valence-electron chi connectivity index (χ2n) is 3.87. The molecule has 0 aromatic carbocycles. The molecule has 0 aliphatic heterocycles. The zero-order valence-corrected chi connectivity index (χ0v) is 10.6. The van der Waals surface area contributed by atoms with Gasteiger partial charge in [-0.05, 0) is 0 Å². The van der Waals surface area contributed by atoms with Crippen LogP contribution in [0.4, 0.5) is 0 Å². The standard InChI is InChI=1S/C7H16O8.C3H4O2/c8-1-6(2-9,3-10)4-15-5(11)7(12,13)14;1-2-3(4)5/h5,8-14H,1-4H2;2H,1H2,(H,4,5). The Balaban J connectivity index is 0. The Morgan fingerprint density at radius 1 is 1.15 bits per heavy atom. The normalized spacial score (nSPS) is 13.2. The van der Waals surface area contributed by atoms with Crippen LogP contribution < -0.4 is 0 Å². The second kappa shape index (κ2) is 9.74. The van der Waals surface area contributed by atoms with Crippen molar-refractivity contribution < 1.29 is 50.4 Å². The molecule has 0 saturated heterocycles. The molecule has 120 valence electrons. The van der Waals surface area contributed by atoms with Crippen molar-refractivity contribution in [2.75, 3.05) is 26.4 Å². The van der Waals surface area contributed by atoms with Gasteiger partial charge >= 0.3 is 11.9 Å². The van der Waals surface area contributed by atoms with Crippen molar-refractivity contribution in [1.29, 1.82) is 0 Å². The third kappa shape index (κ3) is 8.90. The number of carbonyl (C=O) groups is 1. The fraction of sp³-hybridized carbons (Fsp3) is 0.700. The molecule has 10 heteroatoms. The van der Waals surface area contributed by atoms with Gasteiger partial charge < -0.3 is 45.6 Å². The minimum Gasteiger partial charge on any atom is -0.478 e. The third-order valence-electron chi connectivity index (χ3n) is 2.06. The summed E-state index contributed by atoms with van der Waals surface area (Å²) in [4.78, 5) is 9.25. The van der Waals surface area contributed by atoms with Crippen LogP contribution in [-0.4, -0.2) is 85.5 Å². The van der Waals surface area contributed by atoms with Crippen LogP contribution in [0.25, 0.3) is 0 Å². The number of aliphatic hydroxyl groups is 7. The lowest BCUT2D eigenvalue weighted by Crippen LogP contribution is -2.47. The van der Waals surface area contributed by atoms with Crippen LogP contribution in [0.15, 0.2) is 12.7 Å². The van der Waals surface area contributed by atoms with Crippen molar-refractivity contribution in [3.05, 3.63) is 12.7 Å². The molecule has 8 N–H and O–H groups in total. The number of hydrogen-bond acceptors (Lipinski definition) is 9. The summed E-state index contributed by atoms with van der Waals surface area (Å²) in [6, 6.07) is 0. The van der Waals surface area contributed by atoms with Gasteiger partial charge in [-0.2, -0.15) is 0 Å². The van der Waals surface area contributed by atoms with Crippen LogP contribution in [0.3, 0.4) is 0 Å². The summed E-state index contributed by atoms with van der Waals surface area (Å²) in [6.45, 7) is 0.482. The molecular formula is C10H20O10. The van der Waals surface area contributed by atoms with E-state index in [1.54, 1.807) is 0 Å². The van der Waals surface area contributed by atoms with E-state index in [1.165, 1.54) is 0 Å². The Morgan fingerprint density at radius 2 is 1.50 bits per heavy atom. The van der Waals surface area contributed by atoms with Crippen molar-refractivity contribution in [2.45, 2.75) is 12.3 Å². The topological polar surface area (TPSA) is 188 Å². The maximum Gasteiger partial charge on any atom is 0.329 e. The summed E-state index contributed by atoms with van der Waals surface area (Å²) in [5.74, 6) is -4.42. The molecule has 0 radical (unpaired) electrons. The fourth-order valence-electron chi connectivity index (χ4n) is 0.654. The van der Waals surface area contributed by atoms with Gasteiger partial charge in [0.2, 0.25) is 6.29 Å². The highest BCUT2D eigenvalue weighted by Crippen LogP contribution is 2.17. The lowest BCUT2D eigenvalue weighted by Gasteiger charge is -2.29. The van der Waals surface area contributed by atoms with Gasteiger partial charge in [-0.15, -0.1) is 0 Å². The highest BCUT2D eigenvalue weighted by molar-refractivity contribution is 5.78. The van der Waals surface area contributed by atoms with Gasteiger partial charge in [0.25, 0.3) is 0 Å². The summed E-state index contributed by atoms with van der Waals surface area (Å²) in [6.07, 6.45) is -1.50. The van der Waals surface area contributed by atoms with Crippen LogP contribution in [0, 0.1) is 5.41 Å². The first-order chi connectivity index (χ1) is 9.08. The Labute approximate surface area is 114 Å². The molecular weight excluding hydrogens is 280 g/mol. The van der Waals surface area contributed by atoms with Crippen molar-refractivity contribution in [3.63, 3.8) is 0 Å². The van der Waals surface area contributed by atoms with Crippen LogP contribution in [0.5, 0.6) is 0 Å². The summed E-state index contributed by atoms with van der Waals surface area (Å²) >= 11 is 0. The SMILES string of the molecule is C=CC(=O)O.OCC(CO)(CO)COC(O)C(O)(O)O. The quantitative estimate of drug-likeness (QED) is 0.163. The lowest BCUT2D eigenvalue weighted by molar-refractivity contribution is -0.408. The van der Waals surface area contributed by atoms with E-state index >= 15 is 0 Å². The zero-order valence-electron chi connectivity index (χ0n) is 10.6. The Kier molecular flexibility index (Phi) is 10.3. The van der Waals surface area contributed by atoms with Crippen molar-refractivity contribution in [1.82, 2.24) is 0 Å². The molecule has 0 fully saturated rings. The first kappa shape index (κ1) is 21.2. The summed E-state index contributed by atoms with van der Waals surface area (Å²) < 4.78 is 4.37. The van der Waals surface area contributed by atoms with E-state index in [0.29, 0.717) is 0 Å². The molecule has 0 bridgehead atoms. The summed E-state index contributed by atoms with van der Waals surface area (Å²) in [5, 5.41) is 68.2. The minimum absolute atomic E-state index is 0.568. The lowest BCUT2D eigenvalue weighted by atomic mass is 9.93. The maximum absolute atomic E-state index is 9.25. The highest BCUT2D eigenvalue weighted by Gasteiger charge is 2.36. The molecule has 0 heterocycles. The predicted molar refractivity (Wildman–Crippen MR) is 62.9 cm³/mol. The van der Waals surface area contributed by atoms with E-state index in [4.69, 9.17) is 40.9 Å². The number of hydrogen-bond donors (Lipinski definition) is 8. The Morgan fingerprint density at radius 3 is 1.70 bits per heavy atom. The number of aliphatic hydroxyl groups excluding tert-OH is 4. The van der Waals surface area contributed by atoms with Crippen LogP contribution in [-0.2, 0) is 9.53 Å². The zero-order chi connectivity index (χ0) is 16.4. The van der Waals surface area contributed by atoms with E-state index in [2.05, 4.69) is 11.3 Å². The Bertz CT molecular complexity index is 272. The number of carboxylic acids is 1. The number of carboxylic acid groups (broad SMARTS) is 1. The van der Waals surface area contributed by atoms with Gasteiger partial charge in [0.15, 0.2) is 0 Å². The molecule has 10 nitrogen and oxygen atoms in total. The number of rotatable bonds is 8. The van der Waals surface area contributed by atoms with E-state index in [0.717, 1.165) is 6.08 Å². The van der Waals surface area contributed by atoms with E-state index in [1.807, 2.05) is 0 Å². The monoisotopic (exact) mass is 300 g/mol. The molecule has 1 unspecified atom stereocenters. The second-order valence-corrected chi connectivity index (χ2v) is 3.87. The molecule has 0 amide bonds. The van der Waals surface area contributed by atoms with Crippen molar-refractivity contribution >= 4 is 5.97 Å². The molecule has 0 aromatic heterocycles. The highest BCUT2D eigenvalue weighted by atomic mass is 16.7. The molecule has 0 spiro atoms. The number of aliphatic carboxylic acids is 1. The average molecular weight is 300 g/mol. The average Bonchev–Trinajstić information content (AvgIpc) is 2.40. The maximum atomic E-state index is 9.25. The summed E-state index contributed by atoms with van der Waals surface area (Å²) in [5.41, 5.74) is -1.42. The fourth-order valence-corrected chi connectivity index (χ4v) is 0.654.